The summed E-state index contributed by atoms with van der Waals surface area (Å²) in [6.45, 7) is 2.69. The molecule has 2 N–H and O–H groups in total. The molecule has 100 valence electrons. The molecule has 0 saturated heterocycles. The quantitative estimate of drug-likeness (QED) is 0.825. The lowest BCUT2D eigenvalue weighted by Gasteiger charge is -2.09. The van der Waals surface area contributed by atoms with Gasteiger partial charge in [-0.1, -0.05) is 30.8 Å². The third-order valence-electron chi connectivity index (χ3n) is 2.44. The van der Waals surface area contributed by atoms with Crippen LogP contribution in [0, 0.1) is 5.82 Å². The lowest BCUT2D eigenvalue weighted by atomic mass is 10.3. The first-order chi connectivity index (χ1) is 9.19. The SMILES string of the molecule is CCCOc1cc(N)cc(Sc2ccccc2F)c1. The van der Waals surface area contributed by atoms with Gasteiger partial charge >= 0.3 is 0 Å². The van der Waals surface area contributed by atoms with E-state index in [1.165, 1.54) is 17.8 Å². The first-order valence-electron chi connectivity index (χ1n) is 6.15. The van der Waals surface area contributed by atoms with E-state index in [0.717, 1.165) is 17.1 Å². The highest BCUT2D eigenvalue weighted by atomic mass is 32.2. The molecule has 0 heterocycles. The summed E-state index contributed by atoms with van der Waals surface area (Å²) in [6, 6.07) is 12.2. The summed E-state index contributed by atoms with van der Waals surface area (Å²) in [4.78, 5) is 1.45. The molecule has 0 bridgehead atoms. The number of nitrogens with two attached hydrogens (primary N) is 1. The van der Waals surface area contributed by atoms with Gasteiger partial charge in [-0.15, -0.1) is 0 Å². The van der Waals surface area contributed by atoms with Gasteiger partial charge < -0.3 is 10.5 Å². The van der Waals surface area contributed by atoms with Crippen LogP contribution >= 0.6 is 11.8 Å². The van der Waals surface area contributed by atoms with Crippen LogP contribution in [-0.4, -0.2) is 6.61 Å². The Labute approximate surface area is 116 Å². The minimum Gasteiger partial charge on any atom is -0.493 e. The summed E-state index contributed by atoms with van der Waals surface area (Å²) < 4.78 is 19.2. The van der Waals surface area contributed by atoms with Gasteiger partial charge in [-0.3, -0.25) is 0 Å². The van der Waals surface area contributed by atoms with Crippen LogP contribution in [0.5, 0.6) is 5.75 Å². The van der Waals surface area contributed by atoms with E-state index < -0.39 is 0 Å². The van der Waals surface area contributed by atoms with Gasteiger partial charge in [-0.2, -0.15) is 0 Å². The van der Waals surface area contributed by atoms with Gasteiger partial charge in [-0.25, -0.2) is 4.39 Å². The monoisotopic (exact) mass is 277 g/mol. The maximum atomic E-state index is 13.6. The van der Waals surface area contributed by atoms with E-state index in [1.54, 1.807) is 18.2 Å². The number of benzene rings is 2. The number of rotatable bonds is 5. The second-order valence-corrected chi connectivity index (χ2v) is 5.23. The van der Waals surface area contributed by atoms with Crippen molar-refractivity contribution in [2.24, 2.45) is 0 Å². The van der Waals surface area contributed by atoms with Crippen LogP contribution < -0.4 is 10.5 Å². The van der Waals surface area contributed by atoms with Crippen molar-refractivity contribution in [2.75, 3.05) is 12.3 Å². The molecule has 2 nitrogen and oxygen atoms in total. The zero-order valence-electron chi connectivity index (χ0n) is 10.7. The van der Waals surface area contributed by atoms with Crippen LogP contribution in [0.3, 0.4) is 0 Å². The second-order valence-electron chi connectivity index (χ2n) is 4.12. The summed E-state index contributed by atoms with van der Waals surface area (Å²) in [7, 11) is 0. The maximum absolute atomic E-state index is 13.6. The molecule has 2 aromatic carbocycles. The van der Waals surface area contributed by atoms with Crippen LogP contribution in [0.2, 0.25) is 0 Å². The third-order valence-corrected chi connectivity index (χ3v) is 3.46. The Bertz CT molecular complexity index is 560. The van der Waals surface area contributed by atoms with Crippen molar-refractivity contribution in [3.8, 4) is 5.75 Å². The average Bonchev–Trinajstić information content (AvgIpc) is 2.38. The van der Waals surface area contributed by atoms with Crippen molar-refractivity contribution in [3.63, 3.8) is 0 Å². The topological polar surface area (TPSA) is 35.2 Å². The molecule has 0 aliphatic rings. The van der Waals surface area contributed by atoms with E-state index in [9.17, 15) is 4.39 Å². The summed E-state index contributed by atoms with van der Waals surface area (Å²) in [5.74, 6) is 0.492. The van der Waals surface area contributed by atoms with Gasteiger partial charge in [0.25, 0.3) is 0 Å². The molecule has 0 unspecified atom stereocenters. The van der Waals surface area contributed by atoms with Crippen molar-refractivity contribution in [2.45, 2.75) is 23.1 Å². The fourth-order valence-corrected chi connectivity index (χ4v) is 2.55. The Hall–Kier alpha value is -1.68. The molecule has 4 heteroatoms. The van der Waals surface area contributed by atoms with Crippen LogP contribution in [-0.2, 0) is 0 Å². The van der Waals surface area contributed by atoms with E-state index in [1.807, 2.05) is 25.1 Å². The molecule has 0 saturated carbocycles. The molecule has 0 aliphatic carbocycles. The molecule has 0 radical (unpaired) electrons. The third kappa shape index (κ3) is 3.89. The van der Waals surface area contributed by atoms with Gasteiger partial charge in [0.05, 0.1) is 6.61 Å². The molecule has 0 atom stereocenters. The highest BCUT2D eigenvalue weighted by molar-refractivity contribution is 7.99. The van der Waals surface area contributed by atoms with Crippen LogP contribution in [0.1, 0.15) is 13.3 Å². The summed E-state index contributed by atoms with van der Waals surface area (Å²) in [5, 5.41) is 0. The largest absolute Gasteiger partial charge is 0.493 e. The maximum Gasteiger partial charge on any atom is 0.137 e. The molecule has 0 spiro atoms. The summed E-state index contributed by atoms with van der Waals surface area (Å²) in [6.07, 6.45) is 0.935. The predicted octanol–water partition coefficient (Wildman–Crippen LogP) is 4.35. The Morgan fingerprint density at radius 2 is 2.00 bits per heavy atom. The predicted molar refractivity (Wildman–Crippen MR) is 77.2 cm³/mol. The van der Waals surface area contributed by atoms with Crippen LogP contribution in [0.25, 0.3) is 0 Å². The molecular formula is C15H16FNOS. The summed E-state index contributed by atoms with van der Waals surface area (Å²) in [5.41, 5.74) is 6.45. The molecule has 19 heavy (non-hydrogen) atoms. The molecule has 2 rings (SSSR count). The van der Waals surface area contributed by atoms with Gasteiger partial charge in [0, 0.05) is 21.5 Å². The highest BCUT2D eigenvalue weighted by Gasteiger charge is 2.06. The first-order valence-corrected chi connectivity index (χ1v) is 6.96. The zero-order valence-corrected chi connectivity index (χ0v) is 11.5. The van der Waals surface area contributed by atoms with Gasteiger partial charge in [0.1, 0.15) is 11.6 Å². The van der Waals surface area contributed by atoms with E-state index in [2.05, 4.69) is 0 Å². The molecule has 0 amide bonds. The van der Waals surface area contributed by atoms with Crippen molar-refractivity contribution in [1.29, 1.82) is 0 Å². The lowest BCUT2D eigenvalue weighted by Crippen LogP contribution is -1.96. The lowest BCUT2D eigenvalue weighted by molar-refractivity contribution is 0.317. The normalized spacial score (nSPS) is 10.4. The van der Waals surface area contributed by atoms with Gasteiger partial charge in [-0.05, 0) is 30.7 Å². The number of hydrogen-bond donors (Lipinski definition) is 1. The fourth-order valence-electron chi connectivity index (χ4n) is 1.61. The second kappa shape index (κ2) is 6.48. The fraction of sp³-hybridized carbons (Fsp3) is 0.200. The van der Waals surface area contributed by atoms with Crippen molar-refractivity contribution < 1.29 is 9.13 Å². The van der Waals surface area contributed by atoms with E-state index in [4.69, 9.17) is 10.5 Å². The number of ether oxygens (including phenoxy) is 1. The number of hydrogen-bond acceptors (Lipinski definition) is 3. The number of nitrogen functional groups attached to an aromatic ring is 1. The molecule has 0 aliphatic heterocycles. The standard InChI is InChI=1S/C15H16FNOS/c1-2-7-18-12-8-11(17)9-13(10-12)19-15-6-4-3-5-14(15)16/h3-6,8-10H,2,7,17H2,1H3. The van der Waals surface area contributed by atoms with Crippen molar-refractivity contribution in [1.82, 2.24) is 0 Å². The van der Waals surface area contributed by atoms with Crippen molar-refractivity contribution in [3.05, 3.63) is 48.3 Å². The summed E-state index contributed by atoms with van der Waals surface area (Å²) >= 11 is 1.34. The average molecular weight is 277 g/mol. The van der Waals surface area contributed by atoms with Crippen LogP contribution in [0.4, 0.5) is 10.1 Å². The Kier molecular flexibility index (Phi) is 4.68. The minimum atomic E-state index is -0.231. The first kappa shape index (κ1) is 13.7. The number of halogens is 1. The van der Waals surface area contributed by atoms with Gasteiger partial charge in [0.2, 0.25) is 0 Å². The van der Waals surface area contributed by atoms with E-state index in [0.29, 0.717) is 17.2 Å². The van der Waals surface area contributed by atoms with Gasteiger partial charge in [0.15, 0.2) is 0 Å². The molecule has 0 aromatic heterocycles. The Morgan fingerprint density at radius 3 is 2.74 bits per heavy atom. The van der Waals surface area contributed by atoms with E-state index in [-0.39, 0.29) is 5.82 Å². The molecule has 0 fully saturated rings. The smallest absolute Gasteiger partial charge is 0.137 e. The van der Waals surface area contributed by atoms with E-state index >= 15 is 0 Å². The van der Waals surface area contributed by atoms with Crippen LogP contribution in [0.15, 0.2) is 52.3 Å². The molecule has 2 aromatic rings. The molecular weight excluding hydrogens is 261 g/mol. The number of anilines is 1. The minimum absolute atomic E-state index is 0.231. The zero-order chi connectivity index (χ0) is 13.7. The Balaban J connectivity index is 2.20. The Morgan fingerprint density at radius 1 is 1.21 bits per heavy atom. The highest BCUT2D eigenvalue weighted by Crippen LogP contribution is 2.33. The van der Waals surface area contributed by atoms with Crippen molar-refractivity contribution >= 4 is 17.4 Å².